The largest absolute Gasteiger partial charge is 0.394 e. The number of terminal acetylenes is 1. The quantitative estimate of drug-likeness (QED) is 0.394. The number of aliphatic hydroxyl groups is 2. The van der Waals surface area contributed by atoms with Crippen LogP contribution in [0.5, 0.6) is 0 Å². The molecule has 0 aliphatic carbocycles. The van der Waals surface area contributed by atoms with Gasteiger partial charge in [0.2, 0.25) is 5.91 Å². The van der Waals surface area contributed by atoms with E-state index in [0.29, 0.717) is 0 Å². The summed E-state index contributed by atoms with van der Waals surface area (Å²) in [7, 11) is 0. The van der Waals surface area contributed by atoms with Crippen molar-refractivity contribution in [2.75, 3.05) is 13.2 Å². The lowest BCUT2D eigenvalue weighted by molar-refractivity contribution is -0.125. The van der Waals surface area contributed by atoms with Crippen molar-refractivity contribution >= 4 is 5.91 Å². The van der Waals surface area contributed by atoms with E-state index < -0.39 is 17.5 Å². The zero-order chi connectivity index (χ0) is 11.2. The first kappa shape index (κ1) is 12.9. The molecule has 0 radical (unpaired) electrons. The molecule has 0 fully saturated rings. The Labute approximate surface area is 83.3 Å². The van der Waals surface area contributed by atoms with Crippen LogP contribution in [-0.4, -0.2) is 40.9 Å². The fraction of sp³-hybridized carbons (Fsp3) is 0.667. The third-order valence-electron chi connectivity index (χ3n) is 1.80. The smallest absolute Gasteiger partial charge is 0.238 e. The summed E-state index contributed by atoms with van der Waals surface area (Å²) in [4.78, 5) is 11.3. The normalized spacial score (nSPS) is 13.1. The molecular weight excluding hydrogens is 184 g/mol. The van der Waals surface area contributed by atoms with Gasteiger partial charge < -0.3 is 21.3 Å². The Hall–Kier alpha value is -1.09. The van der Waals surface area contributed by atoms with Crippen LogP contribution in [0.15, 0.2) is 0 Å². The van der Waals surface area contributed by atoms with Crippen LogP contribution in [0.4, 0.5) is 0 Å². The minimum Gasteiger partial charge on any atom is -0.394 e. The molecule has 5 nitrogen and oxygen atoms in total. The first-order chi connectivity index (χ1) is 6.49. The van der Waals surface area contributed by atoms with Gasteiger partial charge in [-0.2, -0.15) is 0 Å². The molecule has 0 heterocycles. The van der Waals surface area contributed by atoms with Crippen LogP contribution in [0.25, 0.3) is 0 Å². The van der Waals surface area contributed by atoms with Crippen LogP contribution in [-0.2, 0) is 4.79 Å². The predicted octanol–water partition coefficient (Wildman–Crippen LogP) is -1.80. The summed E-state index contributed by atoms with van der Waals surface area (Å²) >= 11 is 0. The molecule has 0 aromatic heterocycles. The van der Waals surface area contributed by atoms with E-state index in [0.717, 1.165) is 0 Å². The van der Waals surface area contributed by atoms with Gasteiger partial charge in [-0.1, -0.05) is 0 Å². The maximum atomic E-state index is 11.3. The number of amides is 1. The third-order valence-corrected chi connectivity index (χ3v) is 1.80. The lowest BCUT2D eigenvalue weighted by Gasteiger charge is -2.27. The van der Waals surface area contributed by atoms with Crippen LogP contribution >= 0.6 is 0 Å². The molecule has 80 valence electrons. The van der Waals surface area contributed by atoms with Crippen molar-refractivity contribution in [3.05, 3.63) is 0 Å². The molecule has 0 aromatic rings. The molecule has 0 aromatic carbocycles. The molecule has 0 spiro atoms. The Morgan fingerprint density at radius 2 is 2.14 bits per heavy atom. The van der Waals surface area contributed by atoms with Crippen molar-refractivity contribution in [3.8, 4) is 12.3 Å². The topological polar surface area (TPSA) is 95.6 Å². The molecule has 5 N–H and O–H groups in total. The summed E-state index contributed by atoms with van der Waals surface area (Å²) in [5, 5.41) is 20.2. The first-order valence-electron chi connectivity index (χ1n) is 4.22. The van der Waals surface area contributed by atoms with Crippen molar-refractivity contribution in [3.63, 3.8) is 0 Å². The van der Waals surface area contributed by atoms with Gasteiger partial charge in [-0.25, -0.2) is 0 Å². The molecule has 1 atom stereocenters. The van der Waals surface area contributed by atoms with Crippen LogP contribution in [0.1, 0.15) is 13.3 Å². The zero-order valence-electron chi connectivity index (χ0n) is 8.16. The molecule has 14 heavy (non-hydrogen) atoms. The zero-order valence-corrected chi connectivity index (χ0v) is 8.16. The molecular formula is C9H16N2O3. The number of nitrogens with two attached hydrogens (primary N) is 1. The summed E-state index contributed by atoms with van der Waals surface area (Å²) in [6.45, 7) is 0.781. The van der Waals surface area contributed by atoms with Crippen molar-refractivity contribution in [1.29, 1.82) is 0 Å². The van der Waals surface area contributed by atoms with E-state index >= 15 is 0 Å². The van der Waals surface area contributed by atoms with Gasteiger partial charge in [0.1, 0.15) is 0 Å². The van der Waals surface area contributed by atoms with Gasteiger partial charge in [0.15, 0.2) is 0 Å². The number of rotatable bonds is 5. The maximum Gasteiger partial charge on any atom is 0.238 e. The summed E-state index contributed by atoms with van der Waals surface area (Å²) < 4.78 is 0. The molecule has 0 saturated heterocycles. The van der Waals surface area contributed by atoms with Crippen LogP contribution < -0.4 is 11.1 Å². The Morgan fingerprint density at radius 3 is 2.50 bits per heavy atom. The predicted molar refractivity (Wildman–Crippen MR) is 52.1 cm³/mol. The summed E-state index contributed by atoms with van der Waals surface area (Å²) in [5.41, 5.74) is 4.37. The average molecular weight is 200 g/mol. The van der Waals surface area contributed by atoms with Crippen molar-refractivity contribution in [2.45, 2.75) is 24.9 Å². The van der Waals surface area contributed by atoms with E-state index in [2.05, 4.69) is 11.2 Å². The van der Waals surface area contributed by atoms with E-state index in [4.69, 9.17) is 22.4 Å². The number of aliphatic hydroxyl groups excluding tert-OH is 2. The fourth-order valence-corrected chi connectivity index (χ4v) is 0.739. The number of carbonyl (C=O) groups is 1. The minimum atomic E-state index is -1.05. The maximum absolute atomic E-state index is 11.3. The highest BCUT2D eigenvalue weighted by Crippen LogP contribution is 2.01. The summed E-state index contributed by atoms with van der Waals surface area (Å²) in [6, 6.07) is -0.808. The minimum absolute atomic E-state index is 0.124. The van der Waals surface area contributed by atoms with Gasteiger partial charge in [-0.05, 0) is 6.92 Å². The second kappa shape index (κ2) is 5.60. The second-order valence-electron chi connectivity index (χ2n) is 3.38. The van der Waals surface area contributed by atoms with Crippen LogP contribution in [0.2, 0.25) is 0 Å². The molecule has 0 saturated carbocycles. The van der Waals surface area contributed by atoms with E-state index in [1.165, 1.54) is 6.92 Å². The van der Waals surface area contributed by atoms with E-state index in [9.17, 15) is 4.79 Å². The molecule has 0 aliphatic heterocycles. The fourth-order valence-electron chi connectivity index (χ4n) is 0.739. The van der Waals surface area contributed by atoms with Gasteiger partial charge in [0.25, 0.3) is 0 Å². The van der Waals surface area contributed by atoms with Gasteiger partial charge >= 0.3 is 0 Å². The second-order valence-corrected chi connectivity index (χ2v) is 3.38. The summed E-state index contributed by atoms with van der Waals surface area (Å²) in [5.74, 6) is 1.78. The van der Waals surface area contributed by atoms with Crippen molar-refractivity contribution in [2.24, 2.45) is 5.73 Å². The number of nitrogens with one attached hydrogen (secondary N) is 1. The molecule has 1 amide bonds. The van der Waals surface area contributed by atoms with E-state index in [1.807, 2.05) is 0 Å². The lowest BCUT2D eigenvalue weighted by Crippen LogP contribution is -2.56. The molecule has 0 bridgehead atoms. The highest BCUT2D eigenvalue weighted by atomic mass is 16.3. The Bertz CT molecular complexity index is 231. The molecule has 1 unspecified atom stereocenters. The first-order valence-corrected chi connectivity index (χ1v) is 4.22. The van der Waals surface area contributed by atoms with Gasteiger partial charge in [-0.15, -0.1) is 12.3 Å². The van der Waals surface area contributed by atoms with E-state index in [1.54, 1.807) is 0 Å². The molecule has 0 rings (SSSR count). The molecule has 0 aliphatic rings. The van der Waals surface area contributed by atoms with Crippen molar-refractivity contribution in [1.82, 2.24) is 5.32 Å². The molecule has 5 heteroatoms. The van der Waals surface area contributed by atoms with Crippen molar-refractivity contribution < 1.29 is 15.0 Å². The highest BCUT2D eigenvalue weighted by Gasteiger charge is 2.26. The monoisotopic (exact) mass is 200 g/mol. The number of carbonyl (C=O) groups excluding carboxylic acids is 1. The Balaban J connectivity index is 4.24. The highest BCUT2D eigenvalue weighted by molar-refractivity contribution is 5.82. The Morgan fingerprint density at radius 1 is 1.64 bits per heavy atom. The third kappa shape index (κ3) is 3.75. The van der Waals surface area contributed by atoms with E-state index in [-0.39, 0.29) is 19.6 Å². The van der Waals surface area contributed by atoms with Gasteiger partial charge in [0, 0.05) is 6.42 Å². The number of hydrogen-bond acceptors (Lipinski definition) is 4. The van der Waals surface area contributed by atoms with Gasteiger partial charge in [0.05, 0.1) is 24.8 Å². The lowest BCUT2D eigenvalue weighted by atomic mass is 10.0. The summed E-state index contributed by atoms with van der Waals surface area (Å²) in [6.07, 6.45) is 5.11. The standard InChI is InChI=1S/C9H16N2O3/c1-3-4-7(10)8(14)11-9(2,5-12)6-13/h1,7,12-13H,4-6,10H2,2H3,(H,11,14). The van der Waals surface area contributed by atoms with Gasteiger partial charge in [-0.3, -0.25) is 4.79 Å². The van der Waals surface area contributed by atoms with Crippen LogP contribution in [0.3, 0.4) is 0 Å². The SMILES string of the molecule is C#CCC(N)C(=O)NC(C)(CO)CO. The Kier molecular flexibility index (Phi) is 5.16. The number of hydrogen-bond donors (Lipinski definition) is 4. The van der Waals surface area contributed by atoms with Crippen LogP contribution in [0, 0.1) is 12.3 Å². The average Bonchev–Trinajstić information content (AvgIpc) is 2.18.